The van der Waals surface area contributed by atoms with E-state index in [4.69, 9.17) is 32.3 Å². The number of hydrogen-bond acceptors (Lipinski definition) is 17. The molecule has 0 saturated carbocycles. The first-order valence-electron chi connectivity index (χ1n) is 20.8. The quantitative estimate of drug-likeness (QED) is 0.0319. The van der Waals surface area contributed by atoms with Crippen LogP contribution in [0.3, 0.4) is 0 Å². The molecule has 8 rings (SSSR count). The lowest BCUT2D eigenvalue weighted by Gasteiger charge is -2.33. The highest BCUT2D eigenvalue weighted by Crippen LogP contribution is 2.31. The second kappa shape index (κ2) is 23.6. The largest absolute Gasteiger partial charge is 0.399 e. The van der Waals surface area contributed by atoms with E-state index < -0.39 is 5.24 Å². The van der Waals surface area contributed by atoms with Crippen LogP contribution in [0.25, 0.3) is 0 Å². The van der Waals surface area contributed by atoms with Gasteiger partial charge in [0.15, 0.2) is 27.7 Å². The lowest BCUT2D eigenvalue weighted by Crippen LogP contribution is -2.44. The van der Waals surface area contributed by atoms with Crippen molar-refractivity contribution in [1.29, 1.82) is 0 Å². The molecule has 2 fully saturated rings. The van der Waals surface area contributed by atoms with Crippen molar-refractivity contribution < 1.29 is 9.59 Å². The van der Waals surface area contributed by atoms with Gasteiger partial charge in [0.05, 0.1) is 0 Å². The number of ketones is 1. The summed E-state index contributed by atoms with van der Waals surface area (Å²) in [5, 5.41) is 21.8. The van der Waals surface area contributed by atoms with Crippen molar-refractivity contribution in [3.05, 3.63) is 115 Å². The van der Waals surface area contributed by atoms with Gasteiger partial charge in [0.2, 0.25) is 5.24 Å². The van der Waals surface area contributed by atoms with Gasteiger partial charge in [-0.15, -0.1) is 0 Å². The van der Waals surface area contributed by atoms with Crippen LogP contribution >= 0.6 is 35.1 Å². The number of rotatable bonds is 14. The van der Waals surface area contributed by atoms with E-state index in [1.54, 1.807) is 0 Å². The molecule has 2 saturated heterocycles. The summed E-state index contributed by atoms with van der Waals surface area (Å²) in [6, 6.07) is 23.5. The minimum absolute atomic E-state index is 0.0120. The molecule has 6 N–H and O–H groups in total. The number of aromatic amines is 2. The number of piperazine rings is 2. The standard InChI is InChI=1S/C23H27N7OS.C19H24N8S.C3H3ClO/c1-4-18(31)14-17-5-7-19(8-6-17)32-23-25-20(24-21-13-16(2)27-28-21)15-22(26-23)30-11-9-29(3)10-12-30;1-13-11-17(25-24-13)21-16-12-18(27-9-7-26(2)8-10-27)23-19(22-16)28-15-5-3-14(20)4-6-15;1-2-3(4)5/h4-8,13,15H,1,9-12,14H2,2-3H3,(H2,24,25,26,27,28);3-6,11-12H,7-10,20H2,1-2H3,(H2,21,22,23,24,25);2H,1H2. The highest BCUT2D eigenvalue weighted by atomic mass is 35.5. The number of allylic oxidation sites excluding steroid dienone is 2. The van der Waals surface area contributed by atoms with E-state index in [-0.39, 0.29) is 5.78 Å². The summed E-state index contributed by atoms with van der Waals surface area (Å²) in [7, 11) is 4.28. The van der Waals surface area contributed by atoms with E-state index in [2.05, 4.69) is 82.9 Å². The van der Waals surface area contributed by atoms with Crippen molar-refractivity contribution in [3.63, 3.8) is 0 Å². The molecule has 2 aliphatic rings. The maximum atomic E-state index is 11.6. The zero-order valence-corrected chi connectivity index (χ0v) is 39.3. The van der Waals surface area contributed by atoms with E-state index in [0.29, 0.717) is 22.6 Å². The number of nitrogens with zero attached hydrogens (tertiary/aromatic N) is 10. The van der Waals surface area contributed by atoms with Gasteiger partial charge in [-0.1, -0.05) is 25.3 Å². The number of carbonyl (C=O) groups is 2. The van der Waals surface area contributed by atoms with Crippen LogP contribution in [-0.4, -0.2) is 128 Å². The lowest BCUT2D eigenvalue weighted by molar-refractivity contribution is -0.114. The molecule has 0 radical (unpaired) electrons. The molecule has 0 bridgehead atoms. The van der Waals surface area contributed by atoms with Crippen molar-refractivity contribution in [2.75, 3.05) is 92.6 Å². The number of likely N-dealkylation sites (N-methyl/N-ethyl adjacent to an activating group) is 2. The summed E-state index contributed by atoms with van der Waals surface area (Å²) in [5.41, 5.74) is 9.47. The van der Waals surface area contributed by atoms with Gasteiger partial charge in [0.25, 0.3) is 0 Å². The van der Waals surface area contributed by atoms with Crippen LogP contribution in [0.4, 0.5) is 40.6 Å². The van der Waals surface area contributed by atoms with Crippen molar-refractivity contribution in [1.82, 2.24) is 50.1 Å². The molecule has 0 spiro atoms. The molecule has 2 aliphatic heterocycles. The first-order chi connectivity index (χ1) is 31.3. The first kappa shape index (κ1) is 48.2. The van der Waals surface area contributed by atoms with Gasteiger partial charge in [0.1, 0.15) is 23.3 Å². The third-order valence-corrected chi connectivity index (χ3v) is 11.9. The Hall–Kier alpha value is -6.25. The Balaban J connectivity index is 0.000000197. The number of H-pyrrole nitrogens is 2. The first-order valence-corrected chi connectivity index (χ1v) is 22.8. The Kier molecular flexibility index (Phi) is 17.5. The monoisotopic (exact) mass is 935 g/mol. The maximum absolute atomic E-state index is 11.6. The number of anilines is 7. The molecule has 20 heteroatoms. The average Bonchev–Trinajstić information content (AvgIpc) is 3.91. The zero-order chi connectivity index (χ0) is 46.3. The minimum atomic E-state index is -0.509. The number of carbonyl (C=O) groups excluding carboxylic acids is 2. The number of hydrogen-bond donors (Lipinski definition) is 5. The summed E-state index contributed by atoms with van der Waals surface area (Å²) in [5.74, 6) is 4.73. The van der Waals surface area contributed by atoms with Gasteiger partial charge in [-0.25, -0.2) is 19.9 Å². The number of nitrogens with two attached hydrogens (primary N) is 1. The van der Waals surface area contributed by atoms with Crippen LogP contribution in [0.2, 0.25) is 0 Å². The summed E-state index contributed by atoms with van der Waals surface area (Å²) in [6.07, 6.45) is 2.76. The Morgan fingerprint density at radius 2 is 1.08 bits per heavy atom. The van der Waals surface area contributed by atoms with Crippen molar-refractivity contribution >= 4 is 86.7 Å². The number of halogens is 1. The van der Waals surface area contributed by atoms with E-state index >= 15 is 0 Å². The molecule has 65 heavy (non-hydrogen) atoms. The molecular weight excluding hydrogens is 882 g/mol. The Labute approximate surface area is 392 Å². The van der Waals surface area contributed by atoms with Gasteiger partial charge < -0.3 is 36.0 Å². The average molecular weight is 937 g/mol. The zero-order valence-electron chi connectivity index (χ0n) is 36.9. The topological polar surface area (TPSA) is 206 Å². The third-order valence-electron chi connectivity index (χ3n) is 9.95. The number of benzene rings is 2. The molecule has 0 aliphatic carbocycles. The number of aromatic nitrogens is 8. The molecule has 2 aromatic carbocycles. The second-order valence-electron chi connectivity index (χ2n) is 15.3. The molecule has 17 nitrogen and oxygen atoms in total. The molecule has 0 atom stereocenters. The number of nitrogens with one attached hydrogen (secondary N) is 4. The van der Waals surface area contributed by atoms with Gasteiger partial charge in [-0.3, -0.25) is 19.8 Å². The maximum Gasteiger partial charge on any atom is 0.244 e. The van der Waals surface area contributed by atoms with Gasteiger partial charge in [-0.2, -0.15) is 10.2 Å². The fourth-order valence-electron chi connectivity index (χ4n) is 6.36. The molecule has 0 amide bonds. The van der Waals surface area contributed by atoms with Crippen LogP contribution in [0.5, 0.6) is 0 Å². The third kappa shape index (κ3) is 15.5. The highest BCUT2D eigenvalue weighted by molar-refractivity contribution is 7.99. The van der Waals surface area contributed by atoms with Crippen molar-refractivity contribution in [2.45, 2.75) is 40.4 Å². The SMILES string of the molecule is C=CC(=O)Cc1ccc(Sc2nc(Nc3cc(C)[nH]n3)cc(N3CCN(C)CC3)n2)cc1.C=CC(=O)Cl.Cc1cc(Nc2cc(N3CCN(C)CC3)nc(Sc3ccc(N)cc3)n2)n[nH]1. The summed E-state index contributed by atoms with van der Waals surface area (Å²) in [6.45, 7) is 18.3. The Morgan fingerprint density at radius 1 is 0.662 bits per heavy atom. The molecular formula is C45H54ClN15O2S2. The van der Waals surface area contributed by atoms with Crippen molar-refractivity contribution in [3.8, 4) is 0 Å². The molecule has 0 unspecified atom stereocenters. The molecule has 340 valence electrons. The van der Waals surface area contributed by atoms with Crippen LogP contribution in [0, 0.1) is 13.8 Å². The van der Waals surface area contributed by atoms with Crippen molar-refractivity contribution in [2.24, 2.45) is 0 Å². The Morgan fingerprint density at radius 3 is 1.45 bits per heavy atom. The Bertz CT molecular complexity index is 2520. The van der Waals surface area contributed by atoms with E-state index in [1.165, 1.54) is 29.6 Å². The lowest BCUT2D eigenvalue weighted by atomic mass is 10.1. The predicted molar refractivity (Wildman–Crippen MR) is 262 cm³/mol. The number of nitrogen functional groups attached to an aromatic ring is 1. The van der Waals surface area contributed by atoms with Gasteiger partial charge in [0, 0.05) is 110 Å². The summed E-state index contributed by atoms with van der Waals surface area (Å²) >= 11 is 7.72. The van der Waals surface area contributed by atoms with Crippen LogP contribution in [-0.2, 0) is 16.0 Å². The predicted octanol–water partition coefficient (Wildman–Crippen LogP) is 7.13. The fraction of sp³-hybridized carbons (Fsp3) is 0.289. The molecule has 6 heterocycles. The van der Waals surface area contributed by atoms with Gasteiger partial charge >= 0.3 is 0 Å². The van der Waals surface area contributed by atoms with E-state index in [1.807, 2.05) is 86.6 Å². The molecule has 4 aromatic heterocycles. The smallest absolute Gasteiger partial charge is 0.244 e. The summed E-state index contributed by atoms with van der Waals surface area (Å²) < 4.78 is 0. The van der Waals surface area contributed by atoms with E-state index in [9.17, 15) is 9.59 Å². The van der Waals surface area contributed by atoms with Gasteiger partial charge in [-0.05, 0) is 117 Å². The van der Waals surface area contributed by atoms with Crippen LogP contribution in [0.15, 0.2) is 118 Å². The minimum Gasteiger partial charge on any atom is -0.399 e. The highest BCUT2D eigenvalue weighted by Gasteiger charge is 2.20. The number of aryl methyl sites for hydroxylation is 2. The van der Waals surface area contributed by atoms with E-state index in [0.717, 1.165) is 120 Å². The normalized spacial score (nSPS) is 14.0. The van der Waals surface area contributed by atoms with Crippen LogP contribution < -0.4 is 26.2 Å². The molecule has 6 aromatic rings. The fourth-order valence-corrected chi connectivity index (χ4v) is 7.89. The second-order valence-corrected chi connectivity index (χ2v) is 17.7. The summed E-state index contributed by atoms with van der Waals surface area (Å²) in [4.78, 5) is 51.4. The van der Waals surface area contributed by atoms with Crippen LogP contribution in [0.1, 0.15) is 17.0 Å².